The molecule has 2 aromatic carbocycles. The quantitative estimate of drug-likeness (QED) is 0.828. The molecule has 0 spiro atoms. The Morgan fingerprint density at radius 2 is 1.58 bits per heavy atom. The molecule has 1 aliphatic rings. The van der Waals surface area contributed by atoms with E-state index in [1.165, 1.54) is 4.31 Å². The van der Waals surface area contributed by atoms with Crippen LogP contribution in [0.1, 0.15) is 16.7 Å². The van der Waals surface area contributed by atoms with Crippen LogP contribution in [-0.2, 0) is 21.2 Å². The van der Waals surface area contributed by atoms with Gasteiger partial charge in [-0.3, -0.25) is 4.79 Å². The van der Waals surface area contributed by atoms with Gasteiger partial charge in [0.15, 0.2) is 0 Å². The normalized spacial score (nSPS) is 15.8. The van der Waals surface area contributed by atoms with Gasteiger partial charge in [0.05, 0.1) is 11.3 Å². The molecule has 0 N–H and O–H groups in total. The first kappa shape index (κ1) is 18.6. The number of piperazine rings is 1. The van der Waals surface area contributed by atoms with Crippen LogP contribution in [0.3, 0.4) is 0 Å². The third-order valence-corrected chi connectivity index (χ3v) is 6.60. The Bertz CT molecular complexity index is 884. The highest BCUT2D eigenvalue weighted by molar-refractivity contribution is 7.89. The predicted octanol–water partition coefficient (Wildman–Crippen LogP) is 2.38. The summed E-state index contributed by atoms with van der Waals surface area (Å²) in [5.41, 5.74) is 3.14. The van der Waals surface area contributed by atoms with Crippen LogP contribution in [0.15, 0.2) is 53.4 Å². The van der Waals surface area contributed by atoms with E-state index in [0.717, 1.165) is 16.7 Å². The standard InChI is InChI=1S/C20H24N2O3S/c1-16-6-8-19(9-7-16)26(24,25)22-12-10-21(11-13-22)20(23)15-18-5-3-4-17(2)14-18/h3-9,14H,10-13,15H2,1-2H3. The first-order valence-corrected chi connectivity index (χ1v) is 10.2. The minimum absolute atomic E-state index is 0.0444. The number of hydrogen-bond donors (Lipinski definition) is 0. The first-order valence-electron chi connectivity index (χ1n) is 8.76. The minimum Gasteiger partial charge on any atom is -0.340 e. The number of hydrogen-bond acceptors (Lipinski definition) is 3. The van der Waals surface area contributed by atoms with Gasteiger partial charge in [0, 0.05) is 26.2 Å². The molecule has 1 saturated heterocycles. The van der Waals surface area contributed by atoms with Gasteiger partial charge in [0.25, 0.3) is 0 Å². The summed E-state index contributed by atoms with van der Waals surface area (Å²) >= 11 is 0. The van der Waals surface area contributed by atoms with Gasteiger partial charge in [-0.25, -0.2) is 8.42 Å². The number of carbonyl (C=O) groups excluding carboxylic acids is 1. The highest BCUT2D eigenvalue weighted by Crippen LogP contribution is 2.18. The van der Waals surface area contributed by atoms with Crippen LogP contribution >= 0.6 is 0 Å². The van der Waals surface area contributed by atoms with Gasteiger partial charge in [-0.05, 0) is 31.5 Å². The third kappa shape index (κ3) is 4.14. The number of carbonyl (C=O) groups is 1. The lowest BCUT2D eigenvalue weighted by Crippen LogP contribution is -2.50. The van der Waals surface area contributed by atoms with E-state index in [-0.39, 0.29) is 5.91 Å². The zero-order valence-corrected chi connectivity index (χ0v) is 16.0. The number of benzene rings is 2. The van der Waals surface area contributed by atoms with Crippen molar-refractivity contribution in [1.82, 2.24) is 9.21 Å². The van der Waals surface area contributed by atoms with Crippen molar-refractivity contribution in [2.45, 2.75) is 25.2 Å². The Hall–Kier alpha value is -2.18. The van der Waals surface area contributed by atoms with E-state index in [9.17, 15) is 13.2 Å². The SMILES string of the molecule is Cc1ccc(S(=O)(=O)N2CCN(C(=O)Cc3cccc(C)c3)CC2)cc1. The first-order chi connectivity index (χ1) is 12.4. The van der Waals surface area contributed by atoms with Crippen LogP contribution in [-0.4, -0.2) is 49.7 Å². The summed E-state index contributed by atoms with van der Waals surface area (Å²) in [7, 11) is -3.50. The lowest BCUT2D eigenvalue weighted by Gasteiger charge is -2.34. The average Bonchev–Trinajstić information content (AvgIpc) is 2.62. The van der Waals surface area contributed by atoms with Gasteiger partial charge in [-0.2, -0.15) is 4.31 Å². The smallest absolute Gasteiger partial charge is 0.243 e. The van der Waals surface area contributed by atoms with Crippen LogP contribution in [0.25, 0.3) is 0 Å². The van der Waals surface area contributed by atoms with E-state index in [2.05, 4.69) is 0 Å². The van der Waals surface area contributed by atoms with Crippen molar-refractivity contribution in [3.63, 3.8) is 0 Å². The summed E-state index contributed by atoms with van der Waals surface area (Å²) < 4.78 is 26.9. The molecular formula is C20H24N2O3S. The van der Waals surface area contributed by atoms with E-state index in [1.807, 2.05) is 38.1 Å². The molecule has 0 aromatic heterocycles. The number of nitrogens with zero attached hydrogens (tertiary/aromatic N) is 2. The molecule has 1 aliphatic heterocycles. The molecule has 1 fully saturated rings. The fraction of sp³-hybridized carbons (Fsp3) is 0.350. The molecule has 0 radical (unpaired) electrons. The predicted molar refractivity (Wildman–Crippen MR) is 101 cm³/mol. The van der Waals surface area contributed by atoms with E-state index in [4.69, 9.17) is 0 Å². The van der Waals surface area contributed by atoms with Gasteiger partial charge in [-0.15, -0.1) is 0 Å². The molecule has 2 aromatic rings. The Balaban J connectivity index is 1.61. The van der Waals surface area contributed by atoms with Gasteiger partial charge in [0.2, 0.25) is 15.9 Å². The molecule has 0 saturated carbocycles. The summed E-state index contributed by atoms with van der Waals surface area (Å²) in [6, 6.07) is 14.8. The second-order valence-corrected chi connectivity index (χ2v) is 8.70. The van der Waals surface area contributed by atoms with Crippen molar-refractivity contribution in [2.75, 3.05) is 26.2 Å². The maximum Gasteiger partial charge on any atom is 0.243 e. The van der Waals surface area contributed by atoms with E-state index in [0.29, 0.717) is 37.5 Å². The summed E-state index contributed by atoms with van der Waals surface area (Å²) in [4.78, 5) is 14.6. The Labute approximate surface area is 155 Å². The molecule has 0 aliphatic carbocycles. The molecule has 0 unspecified atom stereocenters. The van der Waals surface area contributed by atoms with Crippen LogP contribution in [0.5, 0.6) is 0 Å². The number of aryl methyl sites for hydroxylation is 2. The van der Waals surface area contributed by atoms with E-state index in [1.54, 1.807) is 29.2 Å². The summed E-state index contributed by atoms with van der Waals surface area (Å²) in [5.74, 6) is 0.0444. The zero-order chi connectivity index (χ0) is 18.7. The second kappa shape index (κ2) is 7.60. The van der Waals surface area contributed by atoms with Gasteiger partial charge < -0.3 is 4.90 Å². The van der Waals surface area contributed by atoms with Crippen molar-refractivity contribution >= 4 is 15.9 Å². The highest BCUT2D eigenvalue weighted by Gasteiger charge is 2.29. The molecule has 26 heavy (non-hydrogen) atoms. The second-order valence-electron chi connectivity index (χ2n) is 6.76. The molecule has 1 amide bonds. The number of sulfonamides is 1. The largest absolute Gasteiger partial charge is 0.340 e. The Morgan fingerprint density at radius 3 is 2.19 bits per heavy atom. The summed E-state index contributed by atoms with van der Waals surface area (Å²) in [6.45, 7) is 5.44. The third-order valence-electron chi connectivity index (χ3n) is 4.69. The molecule has 0 bridgehead atoms. The van der Waals surface area contributed by atoms with Gasteiger partial charge >= 0.3 is 0 Å². The van der Waals surface area contributed by atoms with Crippen LogP contribution in [0.4, 0.5) is 0 Å². The lowest BCUT2D eigenvalue weighted by molar-refractivity contribution is -0.131. The van der Waals surface area contributed by atoms with Crippen molar-refractivity contribution in [3.8, 4) is 0 Å². The molecular weight excluding hydrogens is 348 g/mol. The molecule has 138 valence electrons. The van der Waals surface area contributed by atoms with Crippen LogP contribution in [0, 0.1) is 13.8 Å². The molecule has 6 heteroatoms. The minimum atomic E-state index is -3.50. The zero-order valence-electron chi connectivity index (χ0n) is 15.2. The molecule has 5 nitrogen and oxygen atoms in total. The molecule has 3 rings (SSSR count). The lowest BCUT2D eigenvalue weighted by atomic mass is 10.1. The molecule has 1 heterocycles. The van der Waals surface area contributed by atoms with E-state index >= 15 is 0 Å². The van der Waals surface area contributed by atoms with E-state index < -0.39 is 10.0 Å². The average molecular weight is 372 g/mol. The van der Waals surface area contributed by atoms with Crippen LogP contribution in [0.2, 0.25) is 0 Å². The highest BCUT2D eigenvalue weighted by atomic mass is 32.2. The molecule has 0 atom stereocenters. The van der Waals surface area contributed by atoms with Crippen molar-refractivity contribution in [2.24, 2.45) is 0 Å². The Kier molecular flexibility index (Phi) is 5.44. The topological polar surface area (TPSA) is 57.7 Å². The van der Waals surface area contributed by atoms with Gasteiger partial charge in [-0.1, -0.05) is 47.5 Å². The number of amides is 1. The fourth-order valence-electron chi connectivity index (χ4n) is 3.15. The fourth-order valence-corrected chi connectivity index (χ4v) is 4.57. The summed E-state index contributed by atoms with van der Waals surface area (Å²) in [6.07, 6.45) is 0.354. The Morgan fingerprint density at radius 1 is 0.923 bits per heavy atom. The maximum atomic E-state index is 12.7. The number of rotatable bonds is 4. The van der Waals surface area contributed by atoms with Crippen molar-refractivity contribution < 1.29 is 13.2 Å². The summed E-state index contributed by atoms with van der Waals surface area (Å²) in [5, 5.41) is 0. The van der Waals surface area contributed by atoms with Crippen molar-refractivity contribution in [3.05, 3.63) is 65.2 Å². The van der Waals surface area contributed by atoms with Crippen molar-refractivity contribution in [1.29, 1.82) is 0 Å². The van der Waals surface area contributed by atoms with Crippen LogP contribution < -0.4 is 0 Å². The maximum absolute atomic E-state index is 12.7. The van der Waals surface area contributed by atoms with Gasteiger partial charge in [0.1, 0.15) is 0 Å². The monoisotopic (exact) mass is 372 g/mol.